The number of halogens is 2. The molecule has 0 saturated carbocycles. The molecule has 0 aliphatic carbocycles. The number of nitrogens with zero attached hydrogens (tertiary/aromatic N) is 1. The number of hydrogen-bond donors (Lipinski definition) is 1. The van der Waals surface area contributed by atoms with Gasteiger partial charge in [-0.15, -0.1) is 0 Å². The Morgan fingerprint density at radius 3 is 2.29 bits per heavy atom. The van der Waals surface area contributed by atoms with Gasteiger partial charge in [0.15, 0.2) is 0 Å². The third-order valence-corrected chi connectivity index (χ3v) is 5.44. The van der Waals surface area contributed by atoms with E-state index in [1.165, 1.54) is 0 Å². The summed E-state index contributed by atoms with van der Waals surface area (Å²) >= 11 is 0. The van der Waals surface area contributed by atoms with Crippen molar-refractivity contribution in [3.8, 4) is 5.75 Å². The van der Waals surface area contributed by atoms with Gasteiger partial charge in [0.1, 0.15) is 23.1 Å². The van der Waals surface area contributed by atoms with E-state index in [9.17, 15) is 23.5 Å². The number of aliphatic hydroxyl groups excluding tert-OH is 1. The lowest BCUT2D eigenvalue weighted by molar-refractivity contribution is -0.132. The molecule has 1 saturated heterocycles. The zero-order valence-electron chi connectivity index (χ0n) is 18.7. The van der Waals surface area contributed by atoms with Gasteiger partial charge in [-0.05, 0) is 47.9 Å². The maximum atomic E-state index is 14.7. The minimum Gasteiger partial charge on any atom is -0.507 e. The van der Waals surface area contributed by atoms with Crippen LogP contribution in [0.15, 0.2) is 78.4 Å². The molecule has 1 atom stereocenters. The van der Waals surface area contributed by atoms with E-state index in [4.69, 9.17) is 4.74 Å². The lowest BCUT2D eigenvalue weighted by Crippen LogP contribution is -2.30. The summed E-state index contributed by atoms with van der Waals surface area (Å²) < 4.78 is 33.8. The van der Waals surface area contributed by atoms with Crippen molar-refractivity contribution in [2.24, 2.45) is 5.92 Å². The van der Waals surface area contributed by atoms with E-state index in [0.717, 1.165) is 17.0 Å². The van der Waals surface area contributed by atoms with Gasteiger partial charge in [-0.3, -0.25) is 14.5 Å². The van der Waals surface area contributed by atoms with Crippen LogP contribution >= 0.6 is 0 Å². The van der Waals surface area contributed by atoms with Crippen LogP contribution < -0.4 is 9.64 Å². The van der Waals surface area contributed by atoms with Gasteiger partial charge in [-0.25, -0.2) is 8.78 Å². The molecule has 3 aromatic rings. The van der Waals surface area contributed by atoms with Crippen molar-refractivity contribution in [1.82, 2.24) is 0 Å². The molecular formula is C27H23F2NO4. The molecule has 1 N–H and O–H groups in total. The highest BCUT2D eigenvalue weighted by atomic mass is 19.1. The first-order valence-corrected chi connectivity index (χ1v) is 10.8. The fourth-order valence-electron chi connectivity index (χ4n) is 3.84. The van der Waals surface area contributed by atoms with Crippen LogP contribution in [-0.2, 0) is 9.59 Å². The molecule has 1 aliphatic rings. The largest absolute Gasteiger partial charge is 0.507 e. The summed E-state index contributed by atoms with van der Waals surface area (Å²) in [5.41, 5.74) is 0.351. The highest BCUT2D eigenvalue weighted by Gasteiger charge is 2.47. The van der Waals surface area contributed by atoms with E-state index < -0.39 is 35.1 Å². The number of aliphatic hydroxyl groups is 1. The van der Waals surface area contributed by atoms with Crippen molar-refractivity contribution in [2.45, 2.75) is 19.9 Å². The van der Waals surface area contributed by atoms with E-state index in [1.54, 1.807) is 54.6 Å². The molecule has 1 aliphatic heterocycles. The molecule has 4 rings (SSSR count). The van der Waals surface area contributed by atoms with Crippen molar-refractivity contribution >= 4 is 23.1 Å². The normalized spacial score (nSPS) is 17.4. The summed E-state index contributed by atoms with van der Waals surface area (Å²) in [7, 11) is 0. The highest BCUT2D eigenvalue weighted by molar-refractivity contribution is 6.51. The third kappa shape index (κ3) is 4.41. The van der Waals surface area contributed by atoms with Crippen molar-refractivity contribution in [3.63, 3.8) is 0 Å². The topological polar surface area (TPSA) is 66.8 Å². The Balaban J connectivity index is 1.82. The summed E-state index contributed by atoms with van der Waals surface area (Å²) in [6.07, 6.45) is 0. The lowest BCUT2D eigenvalue weighted by atomic mass is 9.95. The number of benzene rings is 3. The standard InChI is InChI=1S/C27H23F2NO4/c1-16(2)15-34-20-11-8-18(9-12-20)25(31)23-24(17-6-4-3-5-7-17)30(27(33)26(23)32)22-13-10-19(28)14-21(22)29/h3-14,16,24,31H,15H2,1-2H3/b25-23+. The number of hydrogen-bond acceptors (Lipinski definition) is 4. The molecule has 0 bridgehead atoms. The summed E-state index contributed by atoms with van der Waals surface area (Å²) in [4.78, 5) is 27.1. The summed E-state index contributed by atoms with van der Waals surface area (Å²) in [6.45, 7) is 4.56. The predicted octanol–water partition coefficient (Wildman–Crippen LogP) is 5.63. The first-order chi connectivity index (χ1) is 16.3. The molecule has 1 fully saturated rings. The molecule has 3 aromatic carbocycles. The Morgan fingerprint density at radius 2 is 1.68 bits per heavy atom. The summed E-state index contributed by atoms with van der Waals surface area (Å²) in [5.74, 6) is -3.25. The van der Waals surface area contributed by atoms with E-state index in [0.29, 0.717) is 35.5 Å². The van der Waals surface area contributed by atoms with Gasteiger partial charge in [-0.1, -0.05) is 44.2 Å². The number of ketones is 1. The van der Waals surface area contributed by atoms with Gasteiger partial charge in [-0.2, -0.15) is 0 Å². The average molecular weight is 463 g/mol. The molecule has 174 valence electrons. The van der Waals surface area contributed by atoms with Crippen molar-refractivity contribution in [2.75, 3.05) is 11.5 Å². The number of carbonyl (C=O) groups is 2. The zero-order valence-corrected chi connectivity index (χ0v) is 18.7. The number of carbonyl (C=O) groups excluding carboxylic acids is 2. The van der Waals surface area contributed by atoms with Gasteiger partial charge in [0, 0.05) is 11.6 Å². The van der Waals surface area contributed by atoms with E-state index >= 15 is 0 Å². The van der Waals surface area contributed by atoms with Gasteiger partial charge < -0.3 is 9.84 Å². The highest BCUT2D eigenvalue weighted by Crippen LogP contribution is 2.43. The van der Waals surface area contributed by atoms with Crippen molar-refractivity contribution < 1.29 is 28.2 Å². The number of rotatable bonds is 6. The maximum absolute atomic E-state index is 14.7. The Morgan fingerprint density at radius 1 is 1.00 bits per heavy atom. The average Bonchev–Trinajstić information content (AvgIpc) is 3.08. The molecular weight excluding hydrogens is 440 g/mol. The van der Waals surface area contributed by atoms with Gasteiger partial charge in [0.05, 0.1) is 23.9 Å². The van der Waals surface area contributed by atoms with E-state index in [-0.39, 0.29) is 11.3 Å². The van der Waals surface area contributed by atoms with E-state index in [1.807, 2.05) is 13.8 Å². The molecule has 34 heavy (non-hydrogen) atoms. The maximum Gasteiger partial charge on any atom is 0.300 e. The van der Waals surface area contributed by atoms with Crippen LogP contribution in [0.2, 0.25) is 0 Å². The quantitative estimate of drug-likeness (QED) is 0.293. The second-order valence-corrected chi connectivity index (χ2v) is 8.40. The SMILES string of the molecule is CC(C)COc1ccc(/C(O)=C2\C(=O)C(=O)N(c3ccc(F)cc3F)C2c2ccccc2)cc1. The Bertz CT molecular complexity index is 1250. The predicted molar refractivity (Wildman–Crippen MR) is 124 cm³/mol. The Hall–Kier alpha value is -4.00. The number of anilines is 1. The summed E-state index contributed by atoms with van der Waals surface area (Å²) in [6, 6.07) is 16.6. The van der Waals surface area contributed by atoms with Crippen LogP contribution in [0.4, 0.5) is 14.5 Å². The minimum absolute atomic E-state index is 0.184. The fraction of sp³-hybridized carbons (Fsp3) is 0.185. The summed E-state index contributed by atoms with van der Waals surface area (Å²) in [5, 5.41) is 11.1. The molecule has 0 spiro atoms. The van der Waals surface area contributed by atoms with Crippen LogP contribution in [-0.4, -0.2) is 23.4 Å². The third-order valence-electron chi connectivity index (χ3n) is 5.44. The van der Waals surface area contributed by atoms with Crippen molar-refractivity contribution in [1.29, 1.82) is 0 Å². The fourth-order valence-corrected chi connectivity index (χ4v) is 3.84. The molecule has 7 heteroatoms. The minimum atomic E-state index is -1.10. The lowest BCUT2D eigenvalue weighted by Gasteiger charge is -2.25. The molecule has 1 unspecified atom stereocenters. The van der Waals surface area contributed by atoms with Gasteiger partial charge >= 0.3 is 0 Å². The number of Topliss-reactive ketones (excluding diaryl/α,β-unsaturated/α-hetero) is 1. The van der Waals surface area contributed by atoms with Crippen LogP contribution in [0.25, 0.3) is 5.76 Å². The second kappa shape index (κ2) is 9.47. The number of ether oxygens (including phenoxy) is 1. The monoisotopic (exact) mass is 463 g/mol. The van der Waals surface area contributed by atoms with Crippen LogP contribution in [0.5, 0.6) is 5.75 Å². The van der Waals surface area contributed by atoms with E-state index in [2.05, 4.69) is 0 Å². The van der Waals surface area contributed by atoms with Gasteiger partial charge in [0.2, 0.25) is 0 Å². The van der Waals surface area contributed by atoms with Crippen LogP contribution in [0.1, 0.15) is 31.0 Å². The van der Waals surface area contributed by atoms with Crippen LogP contribution in [0.3, 0.4) is 0 Å². The molecule has 0 aromatic heterocycles. The molecule has 1 heterocycles. The molecule has 5 nitrogen and oxygen atoms in total. The molecule has 0 radical (unpaired) electrons. The first kappa shape index (κ1) is 23.2. The van der Waals surface area contributed by atoms with Crippen molar-refractivity contribution in [3.05, 3.63) is 101 Å². The first-order valence-electron chi connectivity index (χ1n) is 10.8. The Labute approximate surface area is 195 Å². The number of amides is 1. The van der Waals surface area contributed by atoms with Crippen LogP contribution in [0, 0.1) is 17.6 Å². The molecule has 1 amide bonds. The second-order valence-electron chi connectivity index (χ2n) is 8.40. The smallest absolute Gasteiger partial charge is 0.300 e. The Kier molecular flexibility index (Phi) is 6.45. The van der Waals surface area contributed by atoms with Gasteiger partial charge in [0.25, 0.3) is 11.7 Å². The zero-order chi connectivity index (χ0) is 24.4.